The molecule has 6 heteroatoms. The van der Waals surface area contributed by atoms with E-state index in [0.29, 0.717) is 25.7 Å². The third-order valence-electron chi connectivity index (χ3n) is 9.39. The lowest BCUT2D eigenvalue weighted by atomic mass is 9.44. The zero-order valence-electron chi connectivity index (χ0n) is 16.7. The summed E-state index contributed by atoms with van der Waals surface area (Å²) >= 11 is 0. The summed E-state index contributed by atoms with van der Waals surface area (Å²) in [5, 5.41) is 0. The molecule has 4 rings (SSSR count). The van der Waals surface area contributed by atoms with Gasteiger partial charge in [0.15, 0.2) is 5.78 Å². The van der Waals surface area contributed by atoms with Gasteiger partial charge in [-0.1, -0.05) is 19.4 Å². The second-order valence-electron chi connectivity index (χ2n) is 10.2. The number of fused-ring (bicyclic) bond motifs is 5. The summed E-state index contributed by atoms with van der Waals surface area (Å²) < 4.78 is 68.1. The predicted octanol–water partition coefficient (Wildman–Crippen LogP) is 6.58. The van der Waals surface area contributed by atoms with Crippen molar-refractivity contribution in [2.45, 2.75) is 77.8 Å². The topological polar surface area (TPSA) is 17.1 Å². The summed E-state index contributed by atoms with van der Waals surface area (Å²) in [6.45, 7) is 5.88. The molecule has 0 aliphatic heterocycles. The van der Waals surface area contributed by atoms with Gasteiger partial charge in [-0.2, -0.15) is 22.0 Å². The van der Waals surface area contributed by atoms with Crippen LogP contribution in [0.1, 0.15) is 65.7 Å². The Morgan fingerprint density at radius 2 is 1.64 bits per heavy atom. The Hall–Kier alpha value is -0.940. The molecule has 0 heterocycles. The third kappa shape index (κ3) is 2.51. The molecule has 7 atom stereocenters. The van der Waals surface area contributed by atoms with Crippen LogP contribution in [0.2, 0.25) is 0 Å². The molecule has 0 aromatic heterocycles. The van der Waals surface area contributed by atoms with Crippen LogP contribution in [0.3, 0.4) is 0 Å². The first-order valence-corrected chi connectivity index (χ1v) is 10.5. The summed E-state index contributed by atoms with van der Waals surface area (Å²) in [7, 11) is 0. The van der Waals surface area contributed by atoms with Gasteiger partial charge in [0, 0.05) is 12.3 Å². The molecule has 0 saturated heterocycles. The molecule has 1 nitrogen and oxygen atoms in total. The van der Waals surface area contributed by atoms with E-state index < -0.39 is 23.4 Å². The second-order valence-corrected chi connectivity index (χ2v) is 10.2. The number of rotatable bonds is 1. The predicted molar refractivity (Wildman–Crippen MR) is 95.7 cm³/mol. The Morgan fingerprint density at radius 1 is 0.964 bits per heavy atom. The smallest absolute Gasteiger partial charge is 0.295 e. The van der Waals surface area contributed by atoms with Crippen molar-refractivity contribution < 1.29 is 26.7 Å². The number of carbonyl (C=O) groups excluding carboxylic acids is 1. The number of allylic oxidation sites excluding steroid dienone is 2. The van der Waals surface area contributed by atoms with Gasteiger partial charge in [-0.15, -0.1) is 0 Å². The molecular weight excluding hydrogens is 375 g/mol. The zero-order valence-corrected chi connectivity index (χ0v) is 16.7. The first kappa shape index (κ1) is 20.3. The van der Waals surface area contributed by atoms with Crippen molar-refractivity contribution in [1.29, 1.82) is 0 Å². The molecule has 0 radical (unpaired) electrons. The quantitative estimate of drug-likeness (QED) is 0.451. The maximum Gasteiger partial charge on any atom is 0.453 e. The maximum absolute atomic E-state index is 14.4. The van der Waals surface area contributed by atoms with Crippen molar-refractivity contribution >= 4 is 5.78 Å². The Bertz CT molecular complexity index is 710. The number of halogens is 5. The fourth-order valence-corrected chi connectivity index (χ4v) is 7.85. The molecular formula is C22H29F5O. The summed E-state index contributed by atoms with van der Waals surface area (Å²) in [5.74, 6) is -5.47. The highest BCUT2D eigenvalue weighted by Crippen LogP contribution is 2.70. The lowest BCUT2D eigenvalue weighted by Gasteiger charge is -2.60. The summed E-state index contributed by atoms with van der Waals surface area (Å²) in [6.07, 6.45) is -0.0136. The van der Waals surface area contributed by atoms with Crippen LogP contribution in [0.5, 0.6) is 0 Å². The minimum absolute atomic E-state index is 0.0512. The van der Waals surface area contributed by atoms with E-state index in [2.05, 4.69) is 6.92 Å². The van der Waals surface area contributed by atoms with Gasteiger partial charge in [0.1, 0.15) is 0 Å². The largest absolute Gasteiger partial charge is 0.453 e. The van der Waals surface area contributed by atoms with Gasteiger partial charge in [-0.05, 0) is 86.0 Å². The van der Waals surface area contributed by atoms with E-state index in [1.54, 1.807) is 13.0 Å². The molecule has 0 N–H and O–H groups in total. The molecule has 0 amide bonds. The molecule has 3 fully saturated rings. The SMILES string of the molecule is CC1=CC(=O)C[C@@H]2CC[C@H]3[C@@H]4CC[C@@H](C(F)(F)C(F)(F)F)[C@@]4(C)CC[C@@H]3[C@@]12C. The molecule has 0 spiro atoms. The summed E-state index contributed by atoms with van der Waals surface area (Å²) in [6, 6.07) is 0. The van der Waals surface area contributed by atoms with Gasteiger partial charge in [-0.3, -0.25) is 4.79 Å². The molecule has 4 aliphatic carbocycles. The van der Waals surface area contributed by atoms with Crippen molar-refractivity contribution in [2.75, 3.05) is 0 Å². The second kappa shape index (κ2) is 6.04. The summed E-state index contributed by atoms with van der Waals surface area (Å²) in [5.41, 5.74) is -0.0314. The van der Waals surface area contributed by atoms with Crippen LogP contribution < -0.4 is 0 Å². The van der Waals surface area contributed by atoms with Crippen LogP contribution in [-0.4, -0.2) is 17.9 Å². The Labute approximate surface area is 163 Å². The van der Waals surface area contributed by atoms with Crippen LogP contribution in [0.25, 0.3) is 0 Å². The number of alkyl halides is 5. The highest BCUT2D eigenvalue weighted by molar-refractivity contribution is 5.91. The monoisotopic (exact) mass is 404 g/mol. The van der Waals surface area contributed by atoms with E-state index in [0.717, 1.165) is 18.4 Å². The number of carbonyl (C=O) groups is 1. The van der Waals surface area contributed by atoms with E-state index in [1.807, 2.05) is 6.92 Å². The minimum atomic E-state index is -5.49. The molecule has 0 bridgehead atoms. The van der Waals surface area contributed by atoms with E-state index in [1.165, 1.54) is 0 Å². The Morgan fingerprint density at radius 3 is 2.29 bits per heavy atom. The molecule has 0 aromatic rings. The van der Waals surface area contributed by atoms with Gasteiger partial charge in [0.25, 0.3) is 0 Å². The molecule has 0 unspecified atom stereocenters. The van der Waals surface area contributed by atoms with Crippen molar-refractivity contribution in [3.8, 4) is 0 Å². The molecule has 28 heavy (non-hydrogen) atoms. The van der Waals surface area contributed by atoms with Gasteiger partial charge in [0.2, 0.25) is 0 Å². The van der Waals surface area contributed by atoms with Crippen LogP contribution in [0.15, 0.2) is 11.6 Å². The van der Waals surface area contributed by atoms with E-state index >= 15 is 0 Å². The average Bonchev–Trinajstić information content (AvgIpc) is 2.93. The van der Waals surface area contributed by atoms with E-state index in [4.69, 9.17) is 0 Å². The van der Waals surface area contributed by atoms with Gasteiger partial charge < -0.3 is 0 Å². The fraction of sp³-hybridized carbons (Fsp3) is 0.864. The minimum Gasteiger partial charge on any atom is -0.295 e. The highest BCUT2D eigenvalue weighted by Gasteiger charge is 2.71. The van der Waals surface area contributed by atoms with E-state index in [-0.39, 0.29) is 41.3 Å². The van der Waals surface area contributed by atoms with Crippen molar-refractivity contribution in [3.63, 3.8) is 0 Å². The first-order valence-electron chi connectivity index (χ1n) is 10.5. The van der Waals surface area contributed by atoms with Crippen LogP contribution in [-0.2, 0) is 4.79 Å². The normalized spacial score (nSPS) is 46.5. The first-order chi connectivity index (χ1) is 12.8. The van der Waals surface area contributed by atoms with Gasteiger partial charge in [-0.25, -0.2) is 0 Å². The highest BCUT2D eigenvalue weighted by atomic mass is 19.4. The van der Waals surface area contributed by atoms with Gasteiger partial charge >= 0.3 is 12.1 Å². The van der Waals surface area contributed by atoms with Gasteiger partial charge in [0.05, 0.1) is 0 Å². The van der Waals surface area contributed by atoms with Crippen LogP contribution in [0, 0.1) is 40.4 Å². The lowest BCUT2D eigenvalue weighted by Crippen LogP contribution is -2.56. The standard InChI is InChI=1S/C22H29F5O/c1-12-10-14(28)11-13-4-5-15-16-6-7-18(21(23,24)22(25,26)27)19(16,2)9-8-17(15)20(12,13)3/h10,13,15-18H,4-9,11H2,1-3H3/t13-,15-,16-,17-,18+,19-,20-/m0/s1. The zero-order chi connectivity index (χ0) is 20.7. The molecule has 158 valence electrons. The van der Waals surface area contributed by atoms with Crippen LogP contribution >= 0.6 is 0 Å². The maximum atomic E-state index is 14.4. The number of ketones is 1. The van der Waals surface area contributed by atoms with Crippen molar-refractivity contribution in [2.24, 2.45) is 40.4 Å². The fourth-order valence-electron chi connectivity index (χ4n) is 7.85. The van der Waals surface area contributed by atoms with E-state index in [9.17, 15) is 26.7 Å². The Kier molecular flexibility index (Phi) is 4.39. The third-order valence-corrected chi connectivity index (χ3v) is 9.39. The lowest BCUT2D eigenvalue weighted by molar-refractivity contribution is -0.316. The van der Waals surface area contributed by atoms with Crippen molar-refractivity contribution in [1.82, 2.24) is 0 Å². The van der Waals surface area contributed by atoms with Crippen molar-refractivity contribution in [3.05, 3.63) is 11.6 Å². The molecule has 0 aromatic carbocycles. The number of hydrogen-bond acceptors (Lipinski definition) is 1. The summed E-state index contributed by atoms with van der Waals surface area (Å²) in [4.78, 5) is 12.0. The Balaban J connectivity index is 1.67. The molecule has 3 saturated carbocycles. The molecule has 4 aliphatic rings. The number of hydrogen-bond donors (Lipinski definition) is 0. The van der Waals surface area contributed by atoms with Crippen LogP contribution in [0.4, 0.5) is 22.0 Å². The average molecular weight is 404 g/mol.